The van der Waals surface area contributed by atoms with E-state index in [0.29, 0.717) is 0 Å². The molecule has 0 radical (unpaired) electrons. The SMILES string of the molecule is CCc1nc2c(-c3ncn[nH]3)cc(N3CCCCC3)cc2n1-c1ccc2ccccc2n1. The van der Waals surface area contributed by atoms with E-state index in [-0.39, 0.29) is 0 Å². The zero-order valence-corrected chi connectivity index (χ0v) is 18.1. The van der Waals surface area contributed by atoms with Crippen molar-refractivity contribution >= 4 is 27.6 Å². The monoisotopic (exact) mass is 423 g/mol. The summed E-state index contributed by atoms with van der Waals surface area (Å²) in [6.45, 7) is 4.28. The Bertz CT molecular complexity index is 1400. The molecule has 0 aliphatic carbocycles. The molecule has 0 amide bonds. The van der Waals surface area contributed by atoms with E-state index in [9.17, 15) is 0 Å². The van der Waals surface area contributed by atoms with Crippen molar-refractivity contribution in [2.24, 2.45) is 0 Å². The molecule has 6 rings (SSSR count). The summed E-state index contributed by atoms with van der Waals surface area (Å²) in [4.78, 5) is 17.0. The van der Waals surface area contributed by atoms with Crippen molar-refractivity contribution in [2.45, 2.75) is 32.6 Å². The molecule has 32 heavy (non-hydrogen) atoms. The molecule has 1 aliphatic heterocycles. The van der Waals surface area contributed by atoms with Crippen LogP contribution in [0, 0.1) is 0 Å². The van der Waals surface area contributed by atoms with Gasteiger partial charge in [0.2, 0.25) is 0 Å². The van der Waals surface area contributed by atoms with Crippen LogP contribution >= 0.6 is 0 Å². The third-order valence-electron chi connectivity index (χ3n) is 6.33. The number of H-pyrrole nitrogens is 1. The number of rotatable bonds is 4. The number of hydrogen-bond acceptors (Lipinski definition) is 5. The van der Waals surface area contributed by atoms with Crippen molar-refractivity contribution in [1.82, 2.24) is 29.7 Å². The van der Waals surface area contributed by atoms with Crippen molar-refractivity contribution in [1.29, 1.82) is 0 Å². The average Bonchev–Trinajstić information content (AvgIpc) is 3.52. The van der Waals surface area contributed by atoms with Crippen molar-refractivity contribution in [3.05, 3.63) is 60.7 Å². The molecule has 3 aromatic heterocycles. The van der Waals surface area contributed by atoms with Crippen LogP contribution in [0.3, 0.4) is 0 Å². The highest BCUT2D eigenvalue weighted by atomic mass is 15.2. The van der Waals surface area contributed by atoms with Crippen molar-refractivity contribution < 1.29 is 0 Å². The van der Waals surface area contributed by atoms with E-state index in [0.717, 1.165) is 64.5 Å². The normalized spacial score (nSPS) is 14.5. The predicted octanol–water partition coefficient (Wildman–Crippen LogP) is 4.91. The highest BCUT2D eigenvalue weighted by molar-refractivity contribution is 5.95. The topological polar surface area (TPSA) is 75.5 Å². The molecule has 0 saturated carbocycles. The molecule has 160 valence electrons. The molecule has 0 spiro atoms. The van der Waals surface area contributed by atoms with Gasteiger partial charge in [0.25, 0.3) is 0 Å². The maximum Gasteiger partial charge on any atom is 0.157 e. The van der Waals surface area contributed by atoms with E-state index in [1.807, 2.05) is 12.1 Å². The van der Waals surface area contributed by atoms with Crippen LogP contribution in [0.25, 0.3) is 39.1 Å². The third kappa shape index (κ3) is 3.12. The summed E-state index contributed by atoms with van der Waals surface area (Å²) in [5.41, 5.74) is 5.15. The molecule has 1 saturated heterocycles. The zero-order chi connectivity index (χ0) is 21.5. The van der Waals surface area contributed by atoms with E-state index >= 15 is 0 Å². The predicted molar refractivity (Wildman–Crippen MR) is 127 cm³/mol. The second-order valence-corrected chi connectivity index (χ2v) is 8.32. The van der Waals surface area contributed by atoms with Gasteiger partial charge in [-0.25, -0.2) is 15.0 Å². The van der Waals surface area contributed by atoms with E-state index in [1.165, 1.54) is 24.9 Å². The number of nitrogens with zero attached hydrogens (tertiary/aromatic N) is 6. The first-order valence-corrected chi connectivity index (χ1v) is 11.3. The van der Waals surface area contributed by atoms with Crippen LogP contribution in [0.4, 0.5) is 5.69 Å². The number of benzene rings is 2. The number of piperidine rings is 1. The van der Waals surface area contributed by atoms with Crippen LogP contribution < -0.4 is 4.90 Å². The first-order valence-electron chi connectivity index (χ1n) is 11.3. The smallest absolute Gasteiger partial charge is 0.157 e. The Morgan fingerprint density at radius 1 is 0.969 bits per heavy atom. The first-order chi connectivity index (χ1) is 15.8. The molecule has 2 aromatic carbocycles. The van der Waals surface area contributed by atoms with Gasteiger partial charge in [0.05, 0.1) is 11.0 Å². The molecular weight excluding hydrogens is 398 g/mol. The molecule has 5 aromatic rings. The lowest BCUT2D eigenvalue weighted by atomic mass is 10.1. The highest BCUT2D eigenvalue weighted by Crippen LogP contribution is 2.34. The van der Waals surface area contributed by atoms with E-state index in [2.05, 4.69) is 68.0 Å². The number of pyridine rings is 1. The van der Waals surface area contributed by atoms with Crippen LogP contribution in [0.15, 0.2) is 54.9 Å². The summed E-state index contributed by atoms with van der Waals surface area (Å²) >= 11 is 0. The fourth-order valence-electron chi connectivity index (χ4n) is 4.73. The number of imidazole rings is 1. The summed E-state index contributed by atoms with van der Waals surface area (Å²) in [5.74, 6) is 2.62. The van der Waals surface area contributed by atoms with Crippen LogP contribution in [0.1, 0.15) is 32.0 Å². The Balaban J connectivity index is 1.62. The van der Waals surface area contributed by atoms with Crippen molar-refractivity contribution in [3.63, 3.8) is 0 Å². The van der Waals surface area contributed by atoms with E-state index < -0.39 is 0 Å². The molecule has 7 nitrogen and oxygen atoms in total. The summed E-state index contributed by atoms with van der Waals surface area (Å²) in [6, 6.07) is 16.9. The molecule has 0 atom stereocenters. The molecule has 0 unspecified atom stereocenters. The van der Waals surface area contributed by atoms with Crippen LogP contribution in [0.5, 0.6) is 0 Å². The third-order valence-corrected chi connectivity index (χ3v) is 6.33. The van der Waals surface area contributed by atoms with Gasteiger partial charge in [-0.15, -0.1) is 0 Å². The van der Waals surface area contributed by atoms with Gasteiger partial charge in [0.1, 0.15) is 23.5 Å². The molecule has 4 heterocycles. The minimum atomic E-state index is 0.743. The van der Waals surface area contributed by atoms with Gasteiger partial charge in [-0.2, -0.15) is 5.10 Å². The second-order valence-electron chi connectivity index (χ2n) is 8.32. The molecule has 0 bridgehead atoms. The van der Waals surface area contributed by atoms with Gasteiger partial charge in [0.15, 0.2) is 5.82 Å². The Morgan fingerprint density at radius 3 is 2.66 bits per heavy atom. The lowest BCUT2D eigenvalue weighted by molar-refractivity contribution is 0.578. The largest absolute Gasteiger partial charge is 0.371 e. The maximum atomic E-state index is 5.05. The average molecular weight is 424 g/mol. The lowest BCUT2D eigenvalue weighted by Crippen LogP contribution is -2.29. The quantitative estimate of drug-likeness (QED) is 0.444. The lowest BCUT2D eigenvalue weighted by Gasteiger charge is -2.29. The van der Waals surface area contributed by atoms with Crippen LogP contribution in [-0.4, -0.2) is 42.8 Å². The summed E-state index contributed by atoms with van der Waals surface area (Å²) in [7, 11) is 0. The molecule has 1 fully saturated rings. The van der Waals surface area contributed by atoms with Gasteiger partial charge >= 0.3 is 0 Å². The molecule has 1 aliphatic rings. The van der Waals surface area contributed by atoms with Gasteiger partial charge < -0.3 is 4.90 Å². The van der Waals surface area contributed by atoms with Gasteiger partial charge in [-0.3, -0.25) is 9.67 Å². The van der Waals surface area contributed by atoms with E-state index in [4.69, 9.17) is 9.97 Å². The number of nitrogens with one attached hydrogen (secondary N) is 1. The zero-order valence-electron chi connectivity index (χ0n) is 18.1. The van der Waals surface area contributed by atoms with E-state index in [1.54, 1.807) is 6.33 Å². The summed E-state index contributed by atoms with van der Waals surface area (Å²) < 4.78 is 2.20. The van der Waals surface area contributed by atoms with Gasteiger partial charge in [0, 0.05) is 36.1 Å². The Morgan fingerprint density at radius 2 is 1.84 bits per heavy atom. The number of hydrogen-bond donors (Lipinski definition) is 1. The fourth-order valence-corrected chi connectivity index (χ4v) is 4.73. The number of para-hydroxylation sites is 1. The minimum absolute atomic E-state index is 0.743. The first kappa shape index (κ1) is 19.0. The molecular formula is C25H25N7. The number of aromatic amines is 1. The van der Waals surface area contributed by atoms with Gasteiger partial charge in [-0.1, -0.05) is 25.1 Å². The number of anilines is 1. The second kappa shape index (κ2) is 7.75. The van der Waals surface area contributed by atoms with Gasteiger partial charge in [-0.05, 0) is 49.6 Å². The molecule has 7 heteroatoms. The number of fused-ring (bicyclic) bond motifs is 2. The van der Waals surface area contributed by atoms with Crippen LogP contribution in [0.2, 0.25) is 0 Å². The highest BCUT2D eigenvalue weighted by Gasteiger charge is 2.21. The fraction of sp³-hybridized carbons (Fsp3) is 0.280. The maximum absolute atomic E-state index is 5.05. The number of aromatic nitrogens is 6. The summed E-state index contributed by atoms with van der Waals surface area (Å²) in [5, 5.41) is 8.27. The Hall–Kier alpha value is -3.74. The van der Waals surface area contributed by atoms with Crippen molar-refractivity contribution in [2.75, 3.05) is 18.0 Å². The standard InChI is InChI=1S/C25H25N7/c1-2-22-29-24-19(25-26-16-27-30-25)14-18(31-12-6-3-7-13-31)15-21(24)32(22)23-11-10-17-8-4-5-9-20(17)28-23/h4-5,8-11,14-16H,2-3,6-7,12-13H2,1H3,(H,26,27,30). The summed E-state index contributed by atoms with van der Waals surface area (Å²) in [6.07, 6.45) is 6.10. The Labute approximate surface area is 186 Å². The minimum Gasteiger partial charge on any atom is -0.371 e. The molecule has 1 N–H and O–H groups in total. The van der Waals surface area contributed by atoms with Crippen molar-refractivity contribution in [3.8, 4) is 17.2 Å². The Kier molecular flexibility index (Phi) is 4.60. The van der Waals surface area contributed by atoms with Crippen LogP contribution in [-0.2, 0) is 6.42 Å². The number of aryl methyl sites for hydroxylation is 1.